The minimum absolute atomic E-state index is 0.164. The molecular weight excluding hydrogens is 410 g/mol. The van der Waals surface area contributed by atoms with Gasteiger partial charge in [-0.15, -0.1) is 0 Å². The van der Waals surface area contributed by atoms with Gasteiger partial charge in [0.2, 0.25) is 16.8 Å². The predicted molar refractivity (Wildman–Crippen MR) is 113 cm³/mol. The van der Waals surface area contributed by atoms with E-state index in [1.165, 1.54) is 13.1 Å². The zero-order valence-corrected chi connectivity index (χ0v) is 17.7. The number of nitrogens with zero attached hydrogens (tertiary/aromatic N) is 2. The van der Waals surface area contributed by atoms with Crippen molar-refractivity contribution in [1.29, 1.82) is 0 Å². The van der Waals surface area contributed by atoms with E-state index >= 15 is 0 Å². The van der Waals surface area contributed by atoms with E-state index in [2.05, 4.69) is 10.5 Å². The predicted octanol–water partition coefficient (Wildman–Crippen LogP) is 2.12. The molecule has 0 saturated carbocycles. The fourth-order valence-electron chi connectivity index (χ4n) is 2.92. The van der Waals surface area contributed by atoms with Crippen molar-refractivity contribution in [3.8, 4) is 17.2 Å². The SMILES string of the molecule is CCOc1ccc(N([C@@H](C)C(=O)N/N=C\c2ccc3c(c2)OCO3)S(C)(=O)=O)cc1. The van der Waals surface area contributed by atoms with E-state index in [1.54, 1.807) is 42.5 Å². The summed E-state index contributed by atoms with van der Waals surface area (Å²) in [6, 6.07) is 10.7. The molecule has 1 aliphatic rings. The summed E-state index contributed by atoms with van der Waals surface area (Å²) in [7, 11) is -3.72. The number of nitrogens with one attached hydrogen (secondary N) is 1. The lowest BCUT2D eigenvalue weighted by atomic mass is 10.2. The van der Waals surface area contributed by atoms with Crippen LogP contribution in [-0.2, 0) is 14.8 Å². The van der Waals surface area contributed by atoms with Gasteiger partial charge >= 0.3 is 0 Å². The molecule has 3 rings (SSSR count). The zero-order chi connectivity index (χ0) is 21.7. The van der Waals surface area contributed by atoms with Gasteiger partial charge in [0.15, 0.2) is 11.5 Å². The van der Waals surface area contributed by atoms with Crippen molar-refractivity contribution in [1.82, 2.24) is 5.43 Å². The third-order valence-corrected chi connectivity index (χ3v) is 5.52. The third-order valence-electron chi connectivity index (χ3n) is 4.28. The minimum atomic E-state index is -3.72. The van der Waals surface area contributed by atoms with Crippen molar-refractivity contribution in [3.05, 3.63) is 48.0 Å². The number of anilines is 1. The molecule has 10 heteroatoms. The van der Waals surface area contributed by atoms with Crippen molar-refractivity contribution >= 4 is 27.8 Å². The van der Waals surface area contributed by atoms with Crippen molar-refractivity contribution in [2.45, 2.75) is 19.9 Å². The lowest BCUT2D eigenvalue weighted by molar-refractivity contribution is -0.121. The van der Waals surface area contributed by atoms with Crippen LogP contribution in [-0.4, -0.2) is 46.2 Å². The molecule has 1 aliphatic heterocycles. The van der Waals surface area contributed by atoms with Gasteiger partial charge in [0.1, 0.15) is 11.8 Å². The van der Waals surface area contributed by atoms with Gasteiger partial charge in [-0.05, 0) is 61.9 Å². The lowest BCUT2D eigenvalue weighted by Crippen LogP contribution is -2.46. The molecule has 0 bridgehead atoms. The summed E-state index contributed by atoms with van der Waals surface area (Å²) in [6.45, 7) is 4.00. The monoisotopic (exact) mass is 433 g/mol. The van der Waals surface area contributed by atoms with Crippen molar-refractivity contribution < 1.29 is 27.4 Å². The van der Waals surface area contributed by atoms with E-state index in [9.17, 15) is 13.2 Å². The van der Waals surface area contributed by atoms with Crippen LogP contribution < -0.4 is 23.9 Å². The number of ether oxygens (including phenoxy) is 3. The largest absolute Gasteiger partial charge is 0.494 e. The fourth-order valence-corrected chi connectivity index (χ4v) is 4.10. The summed E-state index contributed by atoms with van der Waals surface area (Å²) in [4.78, 5) is 12.6. The summed E-state index contributed by atoms with van der Waals surface area (Å²) >= 11 is 0. The number of benzene rings is 2. The molecule has 0 saturated heterocycles. The molecule has 0 aliphatic carbocycles. The van der Waals surface area contributed by atoms with E-state index in [0.717, 1.165) is 10.6 Å². The van der Waals surface area contributed by atoms with Crippen molar-refractivity contribution in [3.63, 3.8) is 0 Å². The summed E-state index contributed by atoms with van der Waals surface area (Å²) < 4.78 is 41.6. The molecule has 160 valence electrons. The Bertz CT molecular complexity index is 1040. The number of amides is 1. The molecule has 0 fully saturated rings. The second-order valence-electron chi connectivity index (χ2n) is 6.51. The molecule has 1 atom stereocenters. The molecule has 1 amide bonds. The van der Waals surface area contributed by atoms with Crippen LogP contribution in [0.2, 0.25) is 0 Å². The van der Waals surface area contributed by atoms with E-state index in [-0.39, 0.29) is 6.79 Å². The van der Waals surface area contributed by atoms with E-state index in [4.69, 9.17) is 14.2 Å². The summed E-state index contributed by atoms with van der Waals surface area (Å²) in [5.41, 5.74) is 3.42. The van der Waals surface area contributed by atoms with Gasteiger partial charge in [-0.1, -0.05) is 0 Å². The van der Waals surface area contributed by atoms with Gasteiger partial charge < -0.3 is 14.2 Å². The first-order valence-electron chi connectivity index (χ1n) is 9.24. The Morgan fingerprint density at radius 2 is 1.93 bits per heavy atom. The van der Waals surface area contributed by atoms with Crippen LogP contribution in [0.5, 0.6) is 17.2 Å². The van der Waals surface area contributed by atoms with Crippen LogP contribution in [0.1, 0.15) is 19.4 Å². The first-order valence-corrected chi connectivity index (χ1v) is 11.1. The van der Waals surface area contributed by atoms with Gasteiger partial charge in [0, 0.05) is 0 Å². The van der Waals surface area contributed by atoms with Crippen molar-refractivity contribution in [2.75, 3.05) is 24.0 Å². The summed E-state index contributed by atoms with van der Waals surface area (Å²) in [5.74, 6) is 1.27. The molecule has 0 radical (unpaired) electrons. The standard InChI is InChI=1S/C20H23N3O6S/c1-4-27-17-8-6-16(7-9-17)23(30(3,25)26)14(2)20(24)22-21-12-15-5-10-18-19(11-15)29-13-28-18/h5-12,14H,4,13H2,1-3H3,(H,22,24)/b21-12-/t14-/m0/s1. The lowest BCUT2D eigenvalue weighted by Gasteiger charge is -2.27. The molecule has 2 aromatic carbocycles. The topological polar surface area (TPSA) is 107 Å². The van der Waals surface area contributed by atoms with Crippen LogP contribution in [0.3, 0.4) is 0 Å². The molecule has 0 spiro atoms. The average molecular weight is 433 g/mol. The molecule has 9 nitrogen and oxygen atoms in total. The van der Waals surface area contributed by atoms with Gasteiger partial charge in [-0.3, -0.25) is 9.10 Å². The molecule has 2 aromatic rings. The van der Waals surface area contributed by atoms with E-state index in [0.29, 0.717) is 35.1 Å². The van der Waals surface area contributed by atoms with Gasteiger partial charge in [0.05, 0.1) is 24.8 Å². The van der Waals surface area contributed by atoms with Crippen LogP contribution in [0.25, 0.3) is 0 Å². The Balaban J connectivity index is 1.71. The highest BCUT2D eigenvalue weighted by Crippen LogP contribution is 2.32. The highest BCUT2D eigenvalue weighted by atomic mass is 32.2. The maximum absolute atomic E-state index is 12.6. The normalized spacial score (nSPS) is 13.8. The Kier molecular flexibility index (Phi) is 6.46. The number of carbonyl (C=O) groups is 1. The Hall–Kier alpha value is -3.27. The number of hydrogen-bond acceptors (Lipinski definition) is 7. The molecular formula is C20H23N3O6S. The second kappa shape index (κ2) is 9.04. The van der Waals surface area contributed by atoms with Gasteiger partial charge in [-0.25, -0.2) is 13.8 Å². The average Bonchev–Trinajstić information content (AvgIpc) is 3.16. The first kappa shape index (κ1) is 21.4. The summed E-state index contributed by atoms with van der Waals surface area (Å²) in [6.07, 6.45) is 2.48. The summed E-state index contributed by atoms with van der Waals surface area (Å²) in [5, 5.41) is 3.92. The van der Waals surface area contributed by atoms with Crippen molar-refractivity contribution in [2.24, 2.45) is 5.10 Å². The fraction of sp³-hybridized carbons (Fsp3) is 0.300. The molecule has 0 unspecified atom stereocenters. The van der Waals surface area contributed by atoms with Crippen LogP contribution in [0.15, 0.2) is 47.6 Å². The number of rotatable bonds is 8. The van der Waals surface area contributed by atoms with Crippen LogP contribution in [0.4, 0.5) is 5.69 Å². The Labute approximate surface area is 175 Å². The number of hydrogen-bond donors (Lipinski definition) is 1. The highest BCUT2D eigenvalue weighted by Gasteiger charge is 2.29. The number of carbonyl (C=O) groups excluding carboxylic acids is 1. The third kappa shape index (κ3) is 5.01. The Morgan fingerprint density at radius 1 is 1.23 bits per heavy atom. The molecule has 0 aromatic heterocycles. The van der Waals surface area contributed by atoms with Gasteiger partial charge in [-0.2, -0.15) is 5.10 Å². The molecule has 1 heterocycles. The zero-order valence-electron chi connectivity index (χ0n) is 16.9. The van der Waals surface area contributed by atoms with Gasteiger partial charge in [0.25, 0.3) is 5.91 Å². The maximum Gasteiger partial charge on any atom is 0.263 e. The van der Waals surface area contributed by atoms with E-state index < -0.39 is 22.0 Å². The quantitative estimate of drug-likeness (QED) is 0.505. The maximum atomic E-state index is 12.6. The van der Waals surface area contributed by atoms with E-state index in [1.807, 2.05) is 6.92 Å². The Morgan fingerprint density at radius 3 is 2.60 bits per heavy atom. The van der Waals surface area contributed by atoms with Crippen LogP contribution >= 0.6 is 0 Å². The smallest absolute Gasteiger partial charge is 0.263 e. The minimum Gasteiger partial charge on any atom is -0.494 e. The first-order chi connectivity index (χ1) is 14.3. The second-order valence-corrected chi connectivity index (χ2v) is 8.37. The molecule has 30 heavy (non-hydrogen) atoms. The van der Waals surface area contributed by atoms with Crippen LogP contribution in [0, 0.1) is 0 Å². The number of hydrazone groups is 1. The number of fused-ring (bicyclic) bond motifs is 1. The molecule has 1 N–H and O–H groups in total. The number of sulfonamides is 1. The highest BCUT2D eigenvalue weighted by molar-refractivity contribution is 7.92.